The summed E-state index contributed by atoms with van der Waals surface area (Å²) < 4.78 is 19.9. The number of para-hydroxylation sites is 1. The van der Waals surface area contributed by atoms with E-state index in [9.17, 15) is 9.18 Å². The molecule has 0 spiro atoms. The van der Waals surface area contributed by atoms with Gasteiger partial charge in [0.15, 0.2) is 0 Å². The molecule has 0 aliphatic carbocycles. The number of hydrogen-bond acceptors (Lipinski definition) is 2. The molecule has 122 valence electrons. The lowest BCUT2D eigenvalue weighted by Gasteiger charge is -2.26. The van der Waals surface area contributed by atoms with Crippen molar-refractivity contribution in [3.05, 3.63) is 63.9 Å². The molecular weight excluding hydrogens is 361 g/mol. The Morgan fingerprint density at radius 3 is 2.70 bits per heavy atom. The molecule has 0 fully saturated rings. The molecule has 0 bridgehead atoms. The largest absolute Gasteiger partial charge is 0.496 e. The van der Waals surface area contributed by atoms with Gasteiger partial charge in [0.2, 0.25) is 0 Å². The quantitative estimate of drug-likeness (QED) is 0.774. The zero-order valence-corrected chi connectivity index (χ0v) is 14.9. The highest BCUT2D eigenvalue weighted by molar-refractivity contribution is 9.10. The van der Waals surface area contributed by atoms with Crippen LogP contribution in [0.1, 0.15) is 22.8 Å². The minimum atomic E-state index is -0.519. The SMILES string of the molecule is COc1ccccc1C[C@H](C)N(C)C(=O)c1cc(Br)ccc1F. The molecular formula is C18H19BrFNO2. The lowest BCUT2D eigenvalue weighted by atomic mass is 10.0. The van der Waals surface area contributed by atoms with Crippen LogP contribution in [0.15, 0.2) is 46.9 Å². The maximum Gasteiger partial charge on any atom is 0.256 e. The Kier molecular flexibility index (Phi) is 5.77. The fraction of sp³-hybridized carbons (Fsp3) is 0.278. The third-order valence-electron chi connectivity index (χ3n) is 3.85. The Balaban J connectivity index is 2.17. The molecule has 2 aromatic rings. The van der Waals surface area contributed by atoms with E-state index in [0.29, 0.717) is 10.9 Å². The van der Waals surface area contributed by atoms with E-state index in [1.807, 2.05) is 31.2 Å². The topological polar surface area (TPSA) is 29.5 Å². The molecule has 0 N–H and O–H groups in total. The highest BCUT2D eigenvalue weighted by atomic mass is 79.9. The van der Waals surface area contributed by atoms with E-state index in [1.54, 1.807) is 25.1 Å². The van der Waals surface area contributed by atoms with Gasteiger partial charge in [-0.15, -0.1) is 0 Å². The number of likely N-dealkylation sites (N-methyl/N-ethyl adjacent to an activating group) is 1. The number of carbonyl (C=O) groups is 1. The van der Waals surface area contributed by atoms with Crippen molar-refractivity contribution in [2.24, 2.45) is 0 Å². The second-order valence-electron chi connectivity index (χ2n) is 5.41. The summed E-state index contributed by atoms with van der Waals surface area (Å²) in [6.45, 7) is 1.93. The van der Waals surface area contributed by atoms with Crippen LogP contribution in [-0.4, -0.2) is 31.0 Å². The first-order valence-electron chi connectivity index (χ1n) is 7.28. The predicted octanol–water partition coefficient (Wildman–Crippen LogP) is 4.30. The van der Waals surface area contributed by atoms with E-state index < -0.39 is 5.82 Å². The van der Waals surface area contributed by atoms with E-state index in [4.69, 9.17) is 4.74 Å². The lowest BCUT2D eigenvalue weighted by molar-refractivity contribution is 0.0738. The average molecular weight is 380 g/mol. The molecule has 23 heavy (non-hydrogen) atoms. The summed E-state index contributed by atoms with van der Waals surface area (Å²) in [6, 6.07) is 12.0. The first-order chi connectivity index (χ1) is 10.9. The van der Waals surface area contributed by atoms with E-state index >= 15 is 0 Å². The van der Waals surface area contributed by atoms with Crippen molar-refractivity contribution in [3.8, 4) is 5.75 Å². The predicted molar refractivity (Wildman–Crippen MR) is 92.4 cm³/mol. The number of benzene rings is 2. The van der Waals surface area contributed by atoms with Crippen LogP contribution in [0, 0.1) is 5.82 Å². The summed E-state index contributed by atoms with van der Waals surface area (Å²) in [7, 11) is 3.30. The zero-order chi connectivity index (χ0) is 17.0. The Labute approximate surface area is 144 Å². The van der Waals surface area contributed by atoms with Crippen molar-refractivity contribution in [1.29, 1.82) is 0 Å². The van der Waals surface area contributed by atoms with Gasteiger partial charge in [0.25, 0.3) is 5.91 Å². The smallest absolute Gasteiger partial charge is 0.256 e. The standard InChI is InChI=1S/C18H19BrFNO2/c1-12(10-13-6-4-5-7-17(13)23-3)21(2)18(22)15-11-14(19)8-9-16(15)20/h4-9,11-12H,10H2,1-3H3/t12-/m0/s1. The Bertz CT molecular complexity index is 705. The van der Waals surface area contributed by atoms with Crippen molar-refractivity contribution in [2.45, 2.75) is 19.4 Å². The molecule has 2 rings (SSSR count). The van der Waals surface area contributed by atoms with Gasteiger partial charge >= 0.3 is 0 Å². The summed E-state index contributed by atoms with van der Waals surface area (Å²) in [6.07, 6.45) is 0.627. The van der Waals surface area contributed by atoms with E-state index in [-0.39, 0.29) is 17.5 Å². The fourth-order valence-corrected chi connectivity index (χ4v) is 2.74. The summed E-state index contributed by atoms with van der Waals surface area (Å²) in [5, 5.41) is 0. The number of methoxy groups -OCH3 is 1. The molecule has 5 heteroatoms. The van der Waals surface area contributed by atoms with Gasteiger partial charge in [0.05, 0.1) is 12.7 Å². The van der Waals surface area contributed by atoms with Crippen LogP contribution >= 0.6 is 15.9 Å². The number of halogens is 2. The molecule has 0 unspecified atom stereocenters. The third-order valence-corrected chi connectivity index (χ3v) is 4.34. The molecule has 3 nitrogen and oxygen atoms in total. The third kappa shape index (κ3) is 4.10. The number of nitrogens with zero attached hydrogens (tertiary/aromatic N) is 1. The molecule has 0 aliphatic rings. The van der Waals surface area contributed by atoms with E-state index in [2.05, 4.69) is 15.9 Å². The highest BCUT2D eigenvalue weighted by Gasteiger charge is 2.21. The highest BCUT2D eigenvalue weighted by Crippen LogP contribution is 2.22. The van der Waals surface area contributed by atoms with Crippen LogP contribution in [0.25, 0.3) is 0 Å². The second kappa shape index (κ2) is 7.59. The summed E-state index contributed by atoms with van der Waals surface area (Å²) >= 11 is 3.27. The average Bonchev–Trinajstić information content (AvgIpc) is 2.56. The molecule has 0 saturated heterocycles. The van der Waals surface area contributed by atoms with Gasteiger partial charge in [-0.05, 0) is 43.2 Å². The molecule has 1 atom stereocenters. The minimum absolute atomic E-state index is 0.0637. The van der Waals surface area contributed by atoms with Crippen LogP contribution in [0.5, 0.6) is 5.75 Å². The number of hydrogen-bond donors (Lipinski definition) is 0. The molecule has 1 amide bonds. The van der Waals surface area contributed by atoms with Gasteiger partial charge in [0, 0.05) is 17.6 Å². The van der Waals surface area contributed by atoms with Crippen LogP contribution in [-0.2, 0) is 6.42 Å². The monoisotopic (exact) mass is 379 g/mol. The van der Waals surface area contributed by atoms with Crippen LogP contribution in [0.3, 0.4) is 0 Å². The first kappa shape index (κ1) is 17.5. The summed E-state index contributed by atoms with van der Waals surface area (Å²) in [5.74, 6) is -0.0745. The Hall–Kier alpha value is -1.88. The molecule has 0 heterocycles. The van der Waals surface area contributed by atoms with Crippen molar-refractivity contribution in [1.82, 2.24) is 4.90 Å². The van der Waals surface area contributed by atoms with Crippen molar-refractivity contribution < 1.29 is 13.9 Å². The minimum Gasteiger partial charge on any atom is -0.496 e. The van der Waals surface area contributed by atoms with Crippen LogP contribution < -0.4 is 4.74 Å². The van der Waals surface area contributed by atoms with E-state index in [0.717, 1.165) is 11.3 Å². The number of rotatable bonds is 5. The Morgan fingerprint density at radius 1 is 1.30 bits per heavy atom. The number of carbonyl (C=O) groups excluding carboxylic acids is 1. The molecule has 0 saturated carbocycles. The maximum absolute atomic E-state index is 13.9. The zero-order valence-electron chi connectivity index (χ0n) is 13.3. The molecule has 0 radical (unpaired) electrons. The molecule has 0 aliphatic heterocycles. The van der Waals surface area contributed by atoms with Crippen molar-refractivity contribution in [3.63, 3.8) is 0 Å². The summed E-state index contributed by atoms with van der Waals surface area (Å²) in [5.41, 5.74) is 1.07. The lowest BCUT2D eigenvalue weighted by Crippen LogP contribution is -2.37. The van der Waals surface area contributed by atoms with Gasteiger partial charge < -0.3 is 9.64 Å². The molecule has 0 aromatic heterocycles. The van der Waals surface area contributed by atoms with Crippen LogP contribution in [0.4, 0.5) is 4.39 Å². The maximum atomic E-state index is 13.9. The fourth-order valence-electron chi connectivity index (χ4n) is 2.38. The van der Waals surface area contributed by atoms with Crippen molar-refractivity contribution >= 4 is 21.8 Å². The van der Waals surface area contributed by atoms with Crippen molar-refractivity contribution in [2.75, 3.05) is 14.2 Å². The van der Waals surface area contributed by atoms with Crippen LogP contribution in [0.2, 0.25) is 0 Å². The number of ether oxygens (including phenoxy) is 1. The van der Waals surface area contributed by atoms with Gasteiger partial charge in [-0.25, -0.2) is 4.39 Å². The normalized spacial score (nSPS) is 11.9. The summed E-state index contributed by atoms with van der Waals surface area (Å²) in [4.78, 5) is 14.1. The first-order valence-corrected chi connectivity index (χ1v) is 8.07. The van der Waals surface area contributed by atoms with Gasteiger partial charge in [-0.1, -0.05) is 34.1 Å². The van der Waals surface area contributed by atoms with Gasteiger partial charge in [0.1, 0.15) is 11.6 Å². The van der Waals surface area contributed by atoms with E-state index in [1.165, 1.54) is 12.1 Å². The Morgan fingerprint density at radius 2 is 2.00 bits per heavy atom. The van der Waals surface area contributed by atoms with Gasteiger partial charge in [-0.2, -0.15) is 0 Å². The second-order valence-corrected chi connectivity index (χ2v) is 6.32. The number of amides is 1. The molecule has 2 aromatic carbocycles. The van der Waals surface area contributed by atoms with Gasteiger partial charge in [-0.3, -0.25) is 4.79 Å².